The van der Waals surface area contributed by atoms with Crippen molar-refractivity contribution in [1.29, 1.82) is 0 Å². The molecule has 2 unspecified atom stereocenters. The molecular formula is C16H24O4. The predicted octanol–water partition coefficient (Wildman–Crippen LogP) is 3.10. The molecule has 1 aliphatic rings. The van der Waals surface area contributed by atoms with Gasteiger partial charge < -0.3 is 14.6 Å². The van der Waals surface area contributed by atoms with Crippen LogP contribution in [0.2, 0.25) is 0 Å². The molecule has 0 aromatic heterocycles. The minimum Gasteiger partial charge on any atom is -0.481 e. The van der Waals surface area contributed by atoms with E-state index in [1.54, 1.807) is 7.11 Å². The van der Waals surface area contributed by atoms with Gasteiger partial charge in [-0.25, -0.2) is 0 Å². The third-order valence-corrected chi connectivity index (χ3v) is 3.46. The summed E-state index contributed by atoms with van der Waals surface area (Å²) in [5.74, 6) is -0.819. The highest BCUT2D eigenvalue weighted by atomic mass is 16.5. The van der Waals surface area contributed by atoms with Gasteiger partial charge in [-0.05, 0) is 24.5 Å². The van der Waals surface area contributed by atoms with Crippen molar-refractivity contribution < 1.29 is 19.4 Å². The largest absolute Gasteiger partial charge is 0.481 e. The number of allylic oxidation sites excluding steroid dienone is 2. The number of carbonyl (C=O) groups is 1. The Balaban J connectivity index is 2.81. The second-order valence-corrected chi connectivity index (χ2v) is 4.98. The molecule has 0 amide bonds. The van der Waals surface area contributed by atoms with Gasteiger partial charge in [-0.1, -0.05) is 31.7 Å². The second-order valence-electron chi connectivity index (χ2n) is 4.98. The Hall–Kier alpha value is -1.39. The van der Waals surface area contributed by atoms with E-state index in [4.69, 9.17) is 14.6 Å². The van der Waals surface area contributed by atoms with Crippen molar-refractivity contribution in [3.05, 3.63) is 36.5 Å². The van der Waals surface area contributed by atoms with Gasteiger partial charge in [0.15, 0.2) is 0 Å². The van der Waals surface area contributed by atoms with Crippen molar-refractivity contribution in [2.45, 2.75) is 44.3 Å². The fourth-order valence-electron chi connectivity index (χ4n) is 2.22. The van der Waals surface area contributed by atoms with E-state index in [1.165, 1.54) is 0 Å². The van der Waals surface area contributed by atoms with Crippen molar-refractivity contribution in [2.24, 2.45) is 0 Å². The van der Waals surface area contributed by atoms with E-state index in [1.807, 2.05) is 31.2 Å². The van der Waals surface area contributed by atoms with Crippen LogP contribution in [-0.4, -0.2) is 36.5 Å². The molecule has 1 aliphatic carbocycles. The van der Waals surface area contributed by atoms with Crippen LogP contribution in [0, 0.1) is 0 Å². The van der Waals surface area contributed by atoms with E-state index in [9.17, 15) is 4.79 Å². The topological polar surface area (TPSA) is 55.8 Å². The second kappa shape index (κ2) is 8.02. The maximum atomic E-state index is 10.7. The molecule has 4 nitrogen and oxygen atoms in total. The van der Waals surface area contributed by atoms with Gasteiger partial charge in [0.2, 0.25) is 0 Å². The first-order valence-corrected chi connectivity index (χ1v) is 6.95. The van der Waals surface area contributed by atoms with Gasteiger partial charge in [0.1, 0.15) is 5.60 Å². The van der Waals surface area contributed by atoms with Gasteiger partial charge >= 0.3 is 5.97 Å². The average molecular weight is 280 g/mol. The molecule has 0 saturated carbocycles. The highest BCUT2D eigenvalue weighted by molar-refractivity contribution is 5.67. The quantitative estimate of drug-likeness (QED) is 0.659. The lowest BCUT2D eigenvalue weighted by Crippen LogP contribution is -2.38. The lowest BCUT2D eigenvalue weighted by molar-refractivity contribution is -0.137. The summed E-state index contributed by atoms with van der Waals surface area (Å²) < 4.78 is 11.4. The fraction of sp³-hybridized carbons (Fsp3) is 0.562. The zero-order valence-corrected chi connectivity index (χ0v) is 12.3. The Morgan fingerprint density at radius 1 is 1.45 bits per heavy atom. The lowest BCUT2D eigenvalue weighted by Gasteiger charge is -2.37. The first-order chi connectivity index (χ1) is 9.54. The van der Waals surface area contributed by atoms with E-state index >= 15 is 0 Å². The fourth-order valence-corrected chi connectivity index (χ4v) is 2.22. The van der Waals surface area contributed by atoms with Crippen molar-refractivity contribution in [1.82, 2.24) is 0 Å². The Morgan fingerprint density at radius 3 is 2.70 bits per heavy atom. The van der Waals surface area contributed by atoms with Crippen LogP contribution < -0.4 is 0 Å². The van der Waals surface area contributed by atoms with Crippen LogP contribution in [-0.2, 0) is 14.3 Å². The van der Waals surface area contributed by atoms with Gasteiger partial charge in [-0.15, -0.1) is 0 Å². The molecule has 0 radical (unpaired) electrons. The van der Waals surface area contributed by atoms with Gasteiger partial charge in [-0.3, -0.25) is 4.79 Å². The van der Waals surface area contributed by atoms with E-state index in [2.05, 4.69) is 6.58 Å². The number of aliphatic carboxylic acids is 1. The molecule has 0 bridgehead atoms. The summed E-state index contributed by atoms with van der Waals surface area (Å²) in [7, 11) is 1.65. The monoisotopic (exact) mass is 280 g/mol. The molecule has 2 atom stereocenters. The molecule has 0 saturated heterocycles. The van der Waals surface area contributed by atoms with E-state index in [-0.39, 0.29) is 12.5 Å². The van der Waals surface area contributed by atoms with E-state index in [0.717, 1.165) is 12.0 Å². The van der Waals surface area contributed by atoms with Crippen molar-refractivity contribution in [3.8, 4) is 0 Å². The Morgan fingerprint density at radius 2 is 2.20 bits per heavy atom. The predicted molar refractivity (Wildman–Crippen MR) is 78.7 cm³/mol. The maximum absolute atomic E-state index is 10.7. The maximum Gasteiger partial charge on any atom is 0.303 e. The molecule has 4 heteroatoms. The van der Waals surface area contributed by atoms with Gasteiger partial charge in [-0.2, -0.15) is 0 Å². The minimum absolute atomic E-state index is 0.0299. The van der Waals surface area contributed by atoms with Crippen LogP contribution in [0.4, 0.5) is 0 Å². The Labute approximate surface area is 120 Å². The smallest absolute Gasteiger partial charge is 0.303 e. The molecule has 20 heavy (non-hydrogen) atoms. The van der Waals surface area contributed by atoms with Gasteiger partial charge in [0, 0.05) is 20.0 Å². The van der Waals surface area contributed by atoms with Crippen LogP contribution in [0.25, 0.3) is 0 Å². The highest BCUT2D eigenvalue weighted by Crippen LogP contribution is 2.34. The molecule has 1 N–H and O–H groups in total. The summed E-state index contributed by atoms with van der Waals surface area (Å²) in [6.45, 7) is 6.61. The summed E-state index contributed by atoms with van der Waals surface area (Å²) in [6.07, 6.45) is 9.85. The van der Waals surface area contributed by atoms with Crippen molar-refractivity contribution >= 4 is 5.97 Å². The number of hydrogen-bond acceptors (Lipinski definition) is 3. The number of carboxylic acids is 1. The number of carboxylic acid groups (broad SMARTS) is 1. The number of rotatable bonds is 9. The van der Waals surface area contributed by atoms with E-state index in [0.29, 0.717) is 19.4 Å². The molecule has 0 heterocycles. The van der Waals surface area contributed by atoms with Crippen molar-refractivity contribution in [3.63, 3.8) is 0 Å². The summed E-state index contributed by atoms with van der Waals surface area (Å²) >= 11 is 0. The van der Waals surface area contributed by atoms with Gasteiger partial charge in [0.05, 0.1) is 12.7 Å². The molecular weight excluding hydrogens is 256 g/mol. The van der Waals surface area contributed by atoms with Crippen LogP contribution in [0.1, 0.15) is 32.6 Å². The number of methoxy groups -OCH3 is 1. The first-order valence-electron chi connectivity index (χ1n) is 6.95. The molecule has 1 rings (SSSR count). The summed E-state index contributed by atoms with van der Waals surface area (Å²) in [5, 5.41) is 8.82. The zero-order valence-electron chi connectivity index (χ0n) is 12.3. The van der Waals surface area contributed by atoms with Gasteiger partial charge in [0.25, 0.3) is 0 Å². The standard InChI is InChI=1S/C16H24O4/c1-4-14(12-19-3)20-16(10-6-5-7-11-16)13(2)8-9-15(17)18/h5-7,10,14H,2,4,8-9,11-12H2,1,3H3,(H,17,18). The minimum atomic E-state index is -0.819. The molecule has 0 aliphatic heterocycles. The zero-order chi connectivity index (χ0) is 15.0. The third kappa shape index (κ3) is 4.62. The summed E-state index contributed by atoms with van der Waals surface area (Å²) in [4.78, 5) is 10.7. The third-order valence-electron chi connectivity index (χ3n) is 3.46. The van der Waals surface area contributed by atoms with Crippen LogP contribution >= 0.6 is 0 Å². The molecule has 0 fully saturated rings. The molecule has 112 valence electrons. The van der Waals surface area contributed by atoms with Crippen LogP contribution in [0.3, 0.4) is 0 Å². The lowest BCUT2D eigenvalue weighted by atomic mass is 9.85. The summed E-state index contributed by atoms with van der Waals surface area (Å²) in [6, 6.07) is 0. The van der Waals surface area contributed by atoms with Crippen molar-refractivity contribution in [2.75, 3.05) is 13.7 Å². The SMILES string of the molecule is C=C(CCC(=O)O)C1(OC(CC)COC)C=CC=CC1. The number of hydrogen-bond donors (Lipinski definition) is 1. The average Bonchev–Trinajstić information content (AvgIpc) is 2.45. The molecule has 0 aromatic rings. The Kier molecular flexibility index (Phi) is 6.68. The highest BCUT2D eigenvalue weighted by Gasteiger charge is 2.34. The van der Waals surface area contributed by atoms with E-state index < -0.39 is 11.6 Å². The number of ether oxygens (including phenoxy) is 2. The van der Waals surface area contributed by atoms with Crippen LogP contribution in [0.5, 0.6) is 0 Å². The summed E-state index contributed by atoms with van der Waals surface area (Å²) in [5.41, 5.74) is 0.193. The van der Waals surface area contributed by atoms with Crippen LogP contribution in [0.15, 0.2) is 36.5 Å². The normalized spacial score (nSPS) is 22.7. The molecule has 0 aromatic carbocycles. The Bertz CT molecular complexity index is 397. The molecule has 0 spiro atoms. The first kappa shape index (κ1) is 16.7.